The molecule has 0 aromatic heterocycles. The average molecular weight is 435 g/mol. The van der Waals surface area contributed by atoms with Gasteiger partial charge in [-0.05, 0) is 43.5 Å². The number of hydrogen-bond acceptors (Lipinski definition) is 6. The molecule has 2 aliphatic heterocycles. The van der Waals surface area contributed by atoms with Gasteiger partial charge in [0.25, 0.3) is 0 Å². The lowest BCUT2D eigenvalue weighted by Gasteiger charge is -2.37. The molecule has 1 saturated heterocycles. The van der Waals surface area contributed by atoms with Gasteiger partial charge < -0.3 is 19.7 Å². The molecule has 0 atom stereocenters. The highest BCUT2D eigenvalue weighted by Gasteiger charge is 2.25. The summed E-state index contributed by atoms with van der Waals surface area (Å²) in [6.45, 7) is 18.7. The van der Waals surface area contributed by atoms with E-state index in [1.165, 1.54) is 11.1 Å². The molecule has 170 valence electrons. The molecule has 1 N–H and O–H groups in total. The van der Waals surface area contributed by atoms with Crippen LogP contribution in [-0.2, 0) is 0 Å². The van der Waals surface area contributed by atoms with Crippen molar-refractivity contribution < 1.29 is 9.47 Å². The maximum Gasteiger partial charge on any atom is 0.186 e. The van der Waals surface area contributed by atoms with Crippen molar-refractivity contribution in [3.63, 3.8) is 0 Å². The van der Waals surface area contributed by atoms with Crippen molar-refractivity contribution in [2.24, 2.45) is 0 Å². The molecule has 32 heavy (non-hydrogen) atoms. The van der Waals surface area contributed by atoms with Crippen LogP contribution in [0.3, 0.4) is 0 Å². The number of nitrogens with zero attached hydrogens (tertiary/aromatic N) is 3. The average Bonchev–Trinajstić information content (AvgIpc) is 2.82. The third kappa shape index (κ3) is 5.95. The Balaban J connectivity index is 1.57. The number of ether oxygens (including phenoxy) is 2. The molecular formula is C26H34N4O2. The van der Waals surface area contributed by atoms with Gasteiger partial charge >= 0.3 is 0 Å². The van der Waals surface area contributed by atoms with Gasteiger partial charge in [-0.3, -0.25) is 4.90 Å². The fourth-order valence-corrected chi connectivity index (χ4v) is 3.85. The maximum absolute atomic E-state index is 9.35. The molecule has 6 nitrogen and oxygen atoms in total. The van der Waals surface area contributed by atoms with E-state index in [-0.39, 0.29) is 0 Å². The summed E-state index contributed by atoms with van der Waals surface area (Å²) in [5.41, 5.74) is 5.00. The van der Waals surface area contributed by atoms with E-state index in [9.17, 15) is 5.26 Å². The number of piperazine rings is 1. The smallest absolute Gasteiger partial charge is 0.186 e. The van der Waals surface area contributed by atoms with Gasteiger partial charge in [0.05, 0.1) is 11.3 Å². The maximum atomic E-state index is 9.35. The van der Waals surface area contributed by atoms with Crippen LogP contribution in [0.25, 0.3) is 0 Å². The van der Waals surface area contributed by atoms with E-state index in [0.29, 0.717) is 30.3 Å². The number of anilines is 1. The summed E-state index contributed by atoms with van der Waals surface area (Å²) >= 11 is 0. The van der Waals surface area contributed by atoms with E-state index < -0.39 is 0 Å². The first-order valence-corrected chi connectivity index (χ1v) is 11.2. The monoisotopic (exact) mass is 434 g/mol. The predicted octanol–water partition coefficient (Wildman–Crippen LogP) is 4.02. The standard InChI is InChI=1S/C26H34N4O2/c1-5-21(4)23(19-28-10-8-20(2)3)9-11-29-12-14-30(15-13-29)24-7-6-22(18-27)25-26(24)32-17-16-31-25/h5-8,19,28H,1,4,9-17H2,2-3H3/b23-19-. The largest absolute Gasteiger partial charge is 0.485 e. The molecule has 1 aromatic rings. The molecule has 0 aliphatic carbocycles. The SMILES string of the molecule is C=CC(=C)/C(=C\NCC=C(C)C)CCN1CCN(c2ccc(C#N)c3c2OCCO3)CC1. The number of hydrogen-bond donors (Lipinski definition) is 1. The minimum Gasteiger partial charge on any atom is -0.485 e. The van der Waals surface area contributed by atoms with Crippen molar-refractivity contribution in [3.8, 4) is 17.6 Å². The lowest BCUT2D eigenvalue weighted by Crippen LogP contribution is -2.47. The second-order valence-electron chi connectivity index (χ2n) is 8.27. The van der Waals surface area contributed by atoms with Crippen LogP contribution < -0.4 is 19.7 Å². The summed E-state index contributed by atoms with van der Waals surface area (Å²) in [6.07, 6.45) is 6.99. The van der Waals surface area contributed by atoms with Gasteiger partial charge in [-0.1, -0.05) is 30.9 Å². The van der Waals surface area contributed by atoms with Gasteiger partial charge in [-0.15, -0.1) is 0 Å². The lowest BCUT2D eigenvalue weighted by molar-refractivity contribution is 0.171. The van der Waals surface area contributed by atoms with Crippen LogP contribution in [0, 0.1) is 11.3 Å². The van der Waals surface area contributed by atoms with Crippen LogP contribution in [0.4, 0.5) is 5.69 Å². The molecule has 1 fully saturated rings. The summed E-state index contributed by atoms with van der Waals surface area (Å²) in [6, 6.07) is 6.01. The number of rotatable bonds is 9. The zero-order valence-electron chi connectivity index (χ0n) is 19.3. The third-order valence-corrected chi connectivity index (χ3v) is 5.76. The zero-order chi connectivity index (χ0) is 22.9. The first kappa shape index (κ1) is 23.5. The molecule has 0 bridgehead atoms. The molecule has 0 saturated carbocycles. The fraction of sp³-hybridized carbons (Fsp3) is 0.423. The first-order chi connectivity index (χ1) is 15.5. The van der Waals surface area contributed by atoms with Crippen molar-refractivity contribution in [2.45, 2.75) is 20.3 Å². The molecule has 3 rings (SSSR count). The number of nitriles is 1. The third-order valence-electron chi connectivity index (χ3n) is 5.76. The summed E-state index contributed by atoms with van der Waals surface area (Å²) in [7, 11) is 0. The van der Waals surface area contributed by atoms with Crippen molar-refractivity contribution in [3.05, 3.63) is 65.9 Å². The molecule has 6 heteroatoms. The summed E-state index contributed by atoms with van der Waals surface area (Å²) in [5.74, 6) is 1.29. The Bertz CT molecular complexity index is 930. The molecule has 0 amide bonds. The minimum absolute atomic E-state index is 0.480. The Morgan fingerprint density at radius 2 is 1.88 bits per heavy atom. The van der Waals surface area contributed by atoms with E-state index >= 15 is 0 Å². The highest BCUT2D eigenvalue weighted by atomic mass is 16.6. The highest BCUT2D eigenvalue weighted by molar-refractivity contribution is 5.70. The van der Waals surface area contributed by atoms with E-state index in [1.54, 1.807) is 0 Å². The lowest BCUT2D eigenvalue weighted by atomic mass is 10.0. The van der Waals surface area contributed by atoms with Crippen molar-refractivity contribution in [1.82, 2.24) is 10.2 Å². The fourth-order valence-electron chi connectivity index (χ4n) is 3.85. The second kappa shape index (κ2) is 11.4. The Hall–Kier alpha value is -3.17. The van der Waals surface area contributed by atoms with Gasteiger partial charge in [0.2, 0.25) is 0 Å². The van der Waals surface area contributed by atoms with E-state index in [4.69, 9.17) is 9.47 Å². The van der Waals surface area contributed by atoms with Crippen molar-refractivity contribution in [1.29, 1.82) is 5.26 Å². The number of nitrogens with one attached hydrogen (secondary N) is 1. The van der Waals surface area contributed by atoms with E-state index in [1.807, 2.05) is 18.2 Å². The van der Waals surface area contributed by atoms with Crippen molar-refractivity contribution >= 4 is 5.69 Å². The molecule has 0 spiro atoms. The van der Waals surface area contributed by atoms with Crippen LogP contribution in [0.2, 0.25) is 0 Å². The highest BCUT2D eigenvalue weighted by Crippen LogP contribution is 2.42. The molecular weight excluding hydrogens is 400 g/mol. The van der Waals surface area contributed by atoms with E-state index in [0.717, 1.165) is 56.9 Å². The van der Waals surface area contributed by atoms with Gasteiger partial charge in [0.1, 0.15) is 19.3 Å². The number of benzene rings is 1. The Morgan fingerprint density at radius 1 is 1.16 bits per heavy atom. The normalized spacial score (nSPS) is 16.2. The van der Waals surface area contributed by atoms with Gasteiger partial charge in [-0.2, -0.15) is 5.26 Å². The minimum atomic E-state index is 0.480. The zero-order valence-corrected chi connectivity index (χ0v) is 19.3. The van der Waals surface area contributed by atoms with Gasteiger partial charge in [-0.25, -0.2) is 0 Å². The summed E-state index contributed by atoms with van der Waals surface area (Å²) < 4.78 is 11.6. The second-order valence-corrected chi connectivity index (χ2v) is 8.27. The van der Waals surface area contributed by atoms with Crippen LogP contribution in [-0.4, -0.2) is 57.4 Å². The van der Waals surface area contributed by atoms with E-state index in [2.05, 4.69) is 60.5 Å². The Kier molecular flexibility index (Phi) is 8.41. The molecule has 0 radical (unpaired) electrons. The summed E-state index contributed by atoms with van der Waals surface area (Å²) in [4.78, 5) is 4.80. The molecule has 0 unspecified atom stereocenters. The van der Waals surface area contributed by atoms with Crippen LogP contribution in [0.5, 0.6) is 11.5 Å². The Labute approximate surface area is 192 Å². The van der Waals surface area contributed by atoms with Crippen LogP contribution in [0.1, 0.15) is 25.8 Å². The quantitative estimate of drug-likeness (QED) is 0.360. The molecule has 1 aromatic carbocycles. The Morgan fingerprint density at radius 3 is 2.53 bits per heavy atom. The van der Waals surface area contributed by atoms with Crippen LogP contribution >= 0.6 is 0 Å². The topological polar surface area (TPSA) is 60.8 Å². The van der Waals surface area contributed by atoms with Crippen LogP contribution in [0.15, 0.2) is 60.4 Å². The predicted molar refractivity (Wildman–Crippen MR) is 130 cm³/mol. The van der Waals surface area contributed by atoms with Gasteiger partial charge in [0, 0.05) is 45.5 Å². The molecule has 2 aliphatic rings. The first-order valence-electron chi connectivity index (χ1n) is 11.2. The van der Waals surface area contributed by atoms with Crippen molar-refractivity contribution in [2.75, 3.05) is 57.4 Å². The van der Waals surface area contributed by atoms with Gasteiger partial charge in [0.15, 0.2) is 11.5 Å². The summed E-state index contributed by atoms with van der Waals surface area (Å²) in [5, 5.41) is 12.7. The number of fused-ring (bicyclic) bond motifs is 1. The number of allylic oxidation sites excluding steroid dienone is 3. The molecule has 2 heterocycles.